The Kier molecular flexibility index (Phi) is 5.46. The molecule has 12 nitrogen and oxygen atoms in total. The van der Waals surface area contributed by atoms with E-state index < -0.39 is 23.6 Å². The van der Waals surface area contributed by atoms with E-state index in [0.717, 1.165) is 11.1 Å². The molecule has 0 bridgehead atoms. The molecule has 1 saturated heterocycles. The number of carbonyl (C=O) groups is 2. The number of ether oxygens (including phenoxy) is 2. The molecule has 1 fully saturated rings. The number of nitrogens with zero attached hydrogens (tertiary/aromatic N) is 3. The lowest BCUT2D eigenvalue weighted by Crippen LogP contribution is -2.53. The van der Waals surface area contributed by atoms with Gasteiger partial charge in [0.2, 0.25) is 5.89 Å². The van der Waals surface area contributed by atoms with E-state index in [1.165, 1.54) is 6.26 Å². The summed E-state index contributed by atoms with van der Waals surface area (Å²) in [5.41, 5.74) is 0.864. The number of oxazole rings is 2. The first-order valence-corrected chi connectivity index (χ1v) is 10.4. The van der Waals surface area contributed by atoms with Crippen molar-refractivity contribution >= 4 is 29.2 Å². The molecule has 1 aliphatic heterocycles. The molecule has 5 rings (SSSR count). The van der Waals surface area contributed by atoms with Crippen LogP contribution in [0, 0.1) is 18.8 Å². The Morgan fingerprint density at radius 2 is 1.94 bits per heavy atom. The van der Waals surface area contributed by atoms with Crippen LogP contribution in [0.5, 0.6) is 0 Å². The summed E-state index contributed by atoms with van der Waals surface area (Å²) in [5.74, 6) is 4.12. The van der Waals surface area contributed by atoms with Crippen LogP contribution in [0.1, 0.15) is 41.6 Å². The zero-order valence-electron chi connectivity index (χ0n) is 18.5. The van der Waals surface area contributed by atoms with Crippen molar-refractivity contribution in [3.8, 4) is 11.8 Å². The molecule has 1 atom stereocenters. The second-order valence-electron chi connectivity index (χ2n) is 7.88. The van der Waals surface area contributed by atoms with E-state index in [-0.39, 0.29) is 47.8 Å². The van der Waals surface area contributed by atoms with Gasteiger partial charge < -0.3 is 27.9 Å². The van der Waals surface area contributed by atoms with Gasteiger partial charge in [-0.1, -0.05) is 29.4 Å². The normalized spacial score (nSPS) is 15.0. The highest BCUT2D eigenvalue weighted by Crippen LogP contribution is 2.34. The van der Waals surface area contributed by atoms with Crippen molar-refractivity contribution in [2.45, 2.75) is 25.4 Å². The topological polar surface area (TPSA) is 163 Å². The third kappa shape index (κ3) is 4.09. The molecule has 4 heterocycles. The molecular weight excluding hydrogens is 460 g/mol. The molecular formula is C23H18N4O8. The number of rotatable bonds is 5. The standard InChI is InChI=1S/C23H18N4O8/c1-12-5-3-4-6-14(12)13(2)33-22(30)24-16-9-32-27-15(16)7-8-17-25-18-19(34-17)26-20(35-18)23(21(28)29)10-31-11-23/h3-6,9,13H,10-11H2,1-2H3,(H,24,30)(H,28,29). The number of carbonyl (C=O) groups excluding carboxylic acids is 1. The van der Waals surface area contributed by atoms with Gasteiger partial charge in [-0.3, -0.25) is 10.1 Å². The zero-order valence-corrected chi connectivity index (χ0v) is 18.5. The van der Waals surface area contributed by atoms with Gasteiger partial charge in [0.05, 0.1) is 13.2 Å². The Hall–Kier alpha value is -4.63. The number of aliphatic carboxylic acids is 1. The number of amides is 1. The lowest BCUT2D eigenvalue weighted by Gasteiger charge is -2.33. The van der Waals surface area contributed by atoms with Crippen LogP contribution in [0.25, 0.3) is 11.4 Å². The van der Waals surface area contributed by atoms with Crippen LogP contribution in [-0.4, -0.2) is 45.5 Å². The first kappa shape index (κ1) is 22.2. The highest BCUT2D eigenvalue weighted by molar-refractivity contribution is 5.86. The van der Waals surface area contributed by atoms with Gasteiger partial charge in [0.25, 0.3) is 17.3 Å². The number of aryl methyl sites for hydroxylation is 1. The van der Waals surface area contributed by atoms with Crippen LogP contribution in [0.3, 0.4) is 0 Å². The number of carboxylic acids is 1. The molecule has 0 aliphatic carbocycles. The van der Waals surface area contributed by atoms with Crippen molar-refractivity contribution < 1.29 is 37.5 Å². The first-order chi connectivity index (χ1) is 16.9. The van der Waals surface area contributed by atoms with Gasteiger partial charge in [-0.25, -0.2) is 4.79 Å². The van der Waals surface area contributed by atoms with E-state index in [0.29, 0.717) is 0 Å². The minimum atomic E-state index is -1.35. The van der Waals surface area contributed by atoms with Crippen molar-refractivity contribution in [2.24, 2.45) is 0 Å². The highest BCUT2D eigenvalue weighted by Gasteiger charge is 2.52. The molecule has 35 heavy (non-hydrogen) atoms. The number of carboxylic acid groups (broad SMARTS) is 1. The van der Waals surface area contributed by atoms with Gasteiger partial charge in [0, 0.05) is 5.92 Å². The molecule has 1 unspecified atom stereocenters. The van der Waals surface area contributed by atoms with Crippen LogP contribution >= 0.6 is 0 Å². The van der Waals surface area contributed by atoms with E-state index in [4.69, 9.17) is 22.8 Å². The molecule has 0 saturated carbocycles. The van der Waals surface area contributed by atoms with E-state index in [2.05, 4.69) is 32.3 Å². The molecule has 1 amide bonds. The summed E-state index contributed by atoms with van der Waals surface area (Å²) < 4.78 is 26.2. The lowest BCUT2D eigenvalue weighted by atomic mass is 9.86. The average molecular weight is 478 g/mol. The largest absolute Gasteiger partial charge is 0.480 e. The van der Waals surface area contributed by atoms with Gasteiger partial charge in [0.15, 0.2) is 11.1 Å². The summed E-state index contributed by atoms with van der Waals surface area (Å²) >= 11 is 0. The number of hydrogen-bond donors (Lipinski definition) is 2. The summed E-state index contributed by atoms with van der Waals surface area (Å²) in [4.78, 5) is 32.0. The van der Waals surface area contributed by atoms with Gasteiger partial charge in [-0.05, 0) is 30.9 Å². The molecule has 12 heteroatoms. The molecule has 4 aromatic rings. The molecule has 0 radical (unpaired) electrons. The number of fused-ring (bicyclic) bond motifs is 1. The van der Waals surface area contributed by atoms with E-state index >= 15 is 0 Å². The van der Waals surface area contributed by atoms with Crippen LogP contribution in [-0.2, 0) is 19.7 Å². The van der Waals surface area contributed by atoms with E-state index in [1.807, 2.05) is 31.2 Å². The van der Waals surface area contributed by atoms with Gasteiger partial charge >= 0.3 is 12.1 Å². The van der Waals surface area contributed by atoms with Crippen molar-refractivity contribution in [1.82, 2.24) is 15.1 Å². The number of aromatic nitrogens is 3. The molecule has 178 valence electrons. The second kappa shape index (κ2) is 8.62. The summed E-state index contributed by atoms with van der Waals surface area (Å²) in [7, 11) is 0. The number of anilines is 1. The number of nitrogens with one attached hydrogen (secondary N) is 1. The van der Waals surface area contributed by atoms with Gasteiger partial charge in [-0.2, -0.15) is 9.97 Å². The maximum Gasteiger partial charge on any atom is 0.412 e. The summed E-state index contributed by atoms with van der Waals surface area (Å²) in [6.07, 6.45) is 0.0348. The Labute approximate surface area is 197 Å². The average Bonchev–Trinajstić information content (AvgIpc) is 3.46. The van der Waals surface area contributed by atoms with Crippen molar-refractivity contribution in [2.75, 3.05) is 18.5 Å². The SMILES string of the molecule is Cc1ccccc1C(C)OC(=O)Nc1conc1C#Cc1nc2oc(C3(C(=O)O)COC3)nc2o1. The van der Waals surface area contributed by atoms with Crippen molar-refractivity contribution in [1.29, 1.82) is 0 Å². The lowest BCUT2D eigenvalue weighted by molar-refractivity contribution is -0.165. The molecule has 2 N–H and O–H groups in total. The quantitative estimate of drug-likeness (QED) is 0.405. The van der Waals surface area contributed by atoms with Crippen LogP contribution in [0.2, 0.25) is 0 Å². The minimum absolute atomic E-state index is 0.00379. The Balaban J connectivity index is 1.28. The molecule has 1 aromatic carbocycles. The summed E-state index contributed by atoms with van der Waals surface area (Å²) in [5, 5.41) is 15.7. The first-order valence-electron chi connectivity index (χ1n) is 10.4. The van der Waals surface area contributed by atoms with Crippen molar-refractivity contribution in [3.63, 3.8) is 0 Å². The van der Waals surface area contributed by atoms with E-state index in [9.17, 15) is 14.7 Å². The third-order valence-corrected chi connectivity index (χ3v) is 5.50. The van der Waals surface area contributed by atoms with Crippen LogP contribution in [0.4, 0.5) is 10.5 Å². The van der Waals surface area contributed by atoms with Gasteiger partial charge in [0.1, 0.15) is 18.1 Å². The monoisotopic (exact) mass is 478 g/mol. The smallest absolute Gasteiger partial charge is 0.412 e. The fraction of sp³-hybridized carbons (Fsp3) is 0.261. The fourth-order valence-corrected chi connectivity index (χ4v) is 3.48. The maximum atomic E-state index is 12.4. The third-order valence-electron chi connectivity index (χ3n) is 5.50. The van der Waals surface area contributed by atoms with Crippen molar-refractivity contribution in [3.05, 3.63) is 59.1 Å². The number of benzene rings is 1. The highest BCUT2D eigenvalue weighted by atomic mass is 16.6. The summed E-state index contributed by atoms with van der Waals surface area (Å²) in [6, 6.07) is 7.59. The molecule has 0 spiro atoms. The fourth-order valence-electron chi connectivity index (χ4n) is 3.48. The minimum Gasteiger partial charge on any atom is -0.480 e. The predicted molar refractivity (Wildman–Crippen MR) is 116 cm³/mol. The van der Waals surface area contributed by atoms with E-state index in [1.54, 1.807) is 6.92 Å². The van der Waals surface area contributed by atoms with Crippen LogP contribution < -0.4 is 5.32 Å². The molecule has 3 aromatic heterocycles. The summed E-state index contributed by atoms with van der Waals surface area (Å²) in [6.45, 7) is 3.60. The molecule has 1 aliphatic rings. The Morgan fingerprint density at radius 1 is 1.17 bits per heavy atom. The van der Waals surface area contributed by atoms with Gasteiger partial charge in [-0.15, -0.1) is 0 Å². The maximum absolute atomic E-state index is 12.4. The predicted octanol–water partition coefficient (Wildman–Crippen LogP) is 3.17. The Bertz CT molecular complexity index is 1450. The zero-order chi connectivity index (χ0) is 24.6. The number of hydrogen-bond acceptors (Lipinski definition) is 10. The Morgan fingerprint density at radius 3 is 2.63 bits per heavy atom. The second-order valence-corrected chi connectivity index (χ2v) is 7.88. The van der Waals surface area contributed by atoms with Crippen LogP contribution in [0.15, 0.2) is 43.9 Å².